The van der Waals surface area contributed by atoms with E-state index in [1.54, 1.807) is 27.6 Å². The van der Waals surface area contributed by atoms with Crippen molar-refractivity contribution in [3.05, 3.63) is 53.1 Å². The van der Waals surface area contributed by atoms with Gasteiger partial charge in [-0.2, -0.15) is 5.10 Å². The number of nitrogen functional groups attached to an aromatic ring is 1. The number of nitrogens with two attached hydrogens (primary N) is 1. The predicted octanol–water partition coefficient (Wildman–Crippen LogP) is 1.79. The fourth-order valence-corrected chi connectivity index (χ4v) is 2.65. The quantitative estimate of drug-likeness (QED) is 0.521. The normalized spacial score (nSPS) is 11.5. The highest BCUT2D eigenvalue weighted by molar-refractivity contribution is 5.84. The van der Waals surface area contributed by atoms with Crippen LogP contribution in [0, 0.1) is 0 Å². The second kappa shape index (κ2) is 3.99. The molecule has 104 valence electrons. The molecule has 0 unspecified atom stereocenters. The number of fused-ring (bicyclic) bond motifs is 2. The molecule has 21 heavy (non-hydrogen) atoms. The molecule has 0 amide bonds. The maximum Gasteiger partial charge on any atom is 0.331 e. The van der Waals surface area contributed by atoms with Gasteiger partial charge >= 0.3 is 5.69 Å². The van der Waals surface area contributed by atoms with E-state index in [0.717, 1.165) is 27.6 Å². The maximum absolute atomic E-state index is 12.3. The topological polar surface area (TPSA) is 81.6 Å². The fraction of sp³-hybridized carbons (Fsp3) is 0.0667. The molecule has 2 heterocycles. The number of imidazole rings is 1. The van der Waals surface area contributed by atoms with Crippen LogP contribution in [0.2, 0.25) is 0 Å². The summed E-state index contributed by atoms with van der Waals surface area (Å²) in [7, 11) is 1.88. The Morgan fingerprint density at radius 1 is 1.14 bits per heavy atom. The van der Waals surface area contributed by atoms with Gasteiger partial charge in [-0.15, -0.1) is 0 Å². The standard InChI is InChI=1S/C15H13N5O/c1-19-13-7-11(4-2-9(13)8-17-19)20-14-6-10(16)3-5-12(14)18-15(20)21/h2-8H,16H2,1H3,(H,18,21). The van der Waals surface area contributed by atoms with Gasteiger partial charge in [0.05, 0.1) is 28.4 Å². The molecule has 0 aliphatic heterocycles. The van der Waals surface area contributed by atoms with Gasteiger partial charge in [-0.05, 0) is 36.4 Å². The van der Waals surface area contributed by atoms with Crippen molar-refractivity contribution in [2.24, 2.45) is 7.05 Å². The number of hydrogen-bond acceptors (Lipinski definition) is 3. The lowest BCUT2D eigenvalue weighted by atomic mass is 10.2. The molecule has 0 bridgehead atoms. The number of aromatic nitrogens is 4. The summed E-state index contributed by atoms with van der Waals surface area (Å²) in [6.45, 7) is 0. The second-order valence-electron chi connectivity index (χ2n) is 5.05. The number of anilines is 1. The first-order valence-electron chi connectivity index (χ1n) is 6.56. The average Bonchev–Trinajstić information content (AvgIpc) is 2.98. The molecule has 4 aromatic rings. The Bertz CT molecular complexity index is 1040. The number of hydrogen-bond donors (Lipinski definition) is 2. The minimum atomic E-state index is -0.183. The zero-order valence-electron chi connectivity index (χ0n) is 11.4. The van der Waals surface area contributed by atoms with Crippen LogP contribution in [-0.4, -0.2) is 19.3 Å². The van der Waals surface area contributed by atoms with Gasteiger partial charge in [0.25, 0.3) is 0 Å². The van der Waals surface area contributed by atoms with Gasteiger partial charge in [-0.25, -0.2) is 4.79 Å². The Morgan fingerprint density at radius 3 is 2.86 bits per heavy atom. The largest absolute Gasteiger partial charge is 0.399 e. The van der Waals surface area contributed by atoms with Crippen LogP contribution in [-0.2, 0) is 7.05 Å². The maximum atomic E-state index is 12.3. The minimum Gasteiger partial charge on any atom is -0.399 e. The van der Waals surface area contributed by atoms with Crippen LogP contribution < -0.4 is 11.4 Å². The van der Waals surface area contributed by atoms with Crippen LogP contribution in [0.25, 0.3) is 27.6 Å². The minimum absolute atomic E-state index is 0.183. The summed E-state index contributed by atoms with van der Waals surface area (Å²) in [5.41, 5.74) is 9.56. The molecule has 0 radical (unpaired) electrons. The van der Waals surface area contributed by atoms with Crippen LogP contribution in [0.1, 0.15) is 0 Å². The molecule has 2 aromatic carbocycles. The molecule has 6 nitrogen and oxygen atoms in total. The summed E-state index contributed by atoms with van der Waals surface area (Å²) in [6, 6.07) is 11.2. The van der Waals surface area contributed by atoms with Crippen LogP contribution >= 0.6 is 0 Å². The van der Waals surface area contributed by atoms with E-state index in [-0.39, 0.29) is 5.69 Å². The van der Waals surface area contributed by atoms with Crippen LogP contribution in [0.15, 0.2) is 47.4 Å². The van der Waals surface area contributed by atoms with Crippen LogP contribution in [0.4, 0.5) is 5.69 Å². The SMILES string of the molecule is Cn1ncc2ccc(-n3c(=O)[nH]c4ccc(N)cc43)cc21. The van der Waals surface area contributed by atoms with Gasteiger partial charge in [0, 0.05) is 18.1 Å². The van der Waals surface area contributed by atoms with Gasteiger partial charge in [0.15, 0.2) is 0 Å². The van der Waals surface area contributed by atoms with Crippen molar-refractivity contribution in [3.63, 3.8) is 0 Å². The first-order chi connectivity index (χ1) is 10.1. The van der Waals surface area contributed by atoms with Crippen molar-refractivity contribution in [2.45, 2.75) is 0 Å². The highest BCUT2D eigenvalue weighted by Gasteiger charge is 2.10. The molecule has 4 rings (SSSR count). The zero-order chi connectivity index (χ0) is 14.6. The third-order valence-electron chi connectivity index (χ3n) is 3.70. The summed E-state index contributed by atoms with van der Waals surface area (Å²) in [5, 5.41) is 5.25. The second-order valence-corrected chi connectivity index (χ2v) is 5.05. The molecule has 2 aromatic heterocycles. The number of H-pyrrole nitrogens is 1. The molecule has 0 fully saturated rings. The summed E-state index contributed by atoms with van der Waals surface area (Å²) >= 11 is 0. The Balaban J connectivity index is 2.07. The molecule has 0 aliphatic carbocycles. The third kappa shape index (κ3) is 1.66. The van der Waals surface area contributed by atoms with Gasteiger partial charge < -0.3 is 10.7 Å². The van der Waals surface area contributed by atoms with E-state index >= 15 is 0 Å². The molecule has 0 saturated heterocycles. The van der Waals surface area contributed by atoms with Gasteiger partial charge in [0.1, 0.15) is 0 Å². The monoisotopic (exact) mass is 279 g/mol. The van der Waals surface area contributed by atoms with E-state index in [1.807, 2.05) is 31.3 Å². The van der Waals surface area contributed by atoms with Gasteiger partial charge in [0.2, 0.25) is 0 Å². The zero-order valence-corrected chi connectivity index (χ0v) is 11.4. The van der Waals surface area contributed by atoms with Crippen molar-refractivity contribution >= 4 is 27.6 Å². The van der Waals surface area contributed by atoms with E-state index in [1.165, 1.54) is 0 Å². The number of aryl methyl sites for hydroxylation is 1. The summed E-state index contributed by atoms with van der Waals surface area (Å²) in [6.07, 6.45) is 1.80. The highest BCUT2D eigenvalue weighted by Crippen LogP contribution is 2.21. The van der Waals surface area contributed by atoms with E-state index in [0.29, 0.717) is 5.69 Å². The lowest BCUT2D eigenvalue weighted by molar-refractivity contribution is 0.796. The summed E-state index contributed by atoms with van der Waals surface area (Å²) in [4.78, 5) is 15.1. The van der Waals surface area contributed by atoms with E-state index < -0.39 is 0 Å². The lowest BCUT2D eigenvalue weighted by Crippen LogP contribution is -2.14. The predicted molar refractivity (Wildman–Crippen MR) is 82.6 cm³/mol. The lowest BCUT2D eigenvalue weighted by Gasteiger charge is -2.05. The first kappa shape index (κ1) is 11.8. The highest BCUT2D eigenvalue weighted by atomic mass is 16.1. The number of rotatable bonds is 1. The van der Waals surface area contributed by atoms with E-state index in [4.69, 9.17) is 5.73 Å². The first-order valence-corrected chi connectivity index (χ1v) is 6.56. The molecular weight excluding hydrogens is 266 g/mol. The Labute approximate surface area is 119 Å². The Kier molecular flexibility index (Phi) is 2.24. The summed E-state index contributed by atoms with van der Waals surface area (Å²) < 4.78 is 3.41. The Hall–Kier alpha value is -3.02. The Morgan fingerprint density at radius 2 is 2.00 bits per heavy atom. The molecule has 6 heteroatoms. The third-order valence-corrected chi connectivity index (χ3v) is 3.70. The van der Waals surface area contributed by atoms with Crippen molar-refractivity contribution in [1.29, 1.82) is 0 Å². The van der Waals surface area contributed by atoms with Crippen molar-refractivity contribution < 1.29 is 0 Å². The number of benzene rings is 2. The van der Waals surface area contributed by atoms with Crippen molar-refractivity contribution in [1.82, 2.24) is 19.3 Å². The molecule has 3 N–H and O–H groups in total. The van der Waals surface area contributed by atoms with Crippen LogP contribution in [0.5, 0.6) is 0 Å². The van der Waals surface area contributed by atoms with Gasteiger partial charge in [-0.1, -0.05) is 0 Å². The number of aromatic amines is 1. The van der Waals surface area contributed by atoms with E-state index in [9.17, 15) is 4.79 Å². The molecule has 0 atom stereocenters. The molecular formula is C15H13N5O. The van der Waals surface area contributed by atoms with E-state index in [2.05, 4.69) is 10.1 Å². The molecule has 0 saturated carbocycles. The molecule has 0 spiro atoms. The molecule has 0 aliphatic rings. The smallest absolute Gasteiger partial charge is 0.331 e. The van der Waals surface area contributed by atoms with Crippen LogP contribution in [0.3, 0.4) is 0 Å². The van der Waals surface area contributed by atoms with Crippen molar-refractivity contribution in [3.8, 4) is 5.69 Å². The summed E-state index contributed by atoms with van der Waals surface area (Å²) in [5.74, 6) is 0. The number of nitrogens with zero attached hydrogens (tertiary/aromatic N) is 3. The van der Waals surface area contributed by atoms with Crippen molar-refractivity contribution in [2.75, 3.05) is 5.73 Å². The van der Waals surface area contributed by atoms with Gasteiger partial charge in [-0.3, -0.25) is 9.25 Å². The number of nitrogens with one attached hydrogen (secondary N) is 1. The average molecular weight is 279 g/mol. The fourth-order valence-electron chi connectivity index (χ4n) is 2.65.